The van der Waals surface area contributed by atoms with Gasteiger partial charge in [0.25, 0.3) is 11.5 Å². The Labute approximate surface area is 240 Å². The zero-order valence-corrected chi connectivity index (χ0v) is 24.4. The van der Waals surface area contributed by atoms with Crippen LogP contribution in [0.5, 0.6) is 0 Å². The summed E-state index contributed by atoms with van der Waals surface area (Å²) in [6.45, 7) is 9.68. The van der Waals surface area contributed by atoms with Crippen molar-refractivity contribution in [3.8, 4) is 6.07 Å². The summed E-state index contributed by atoms with van der Waals surface area (Å²) in [4.78, 5) is 24.6. The molecular formula is C30H40F2N8O. The van der Waals surface area contributed by atoms with Crippen molar-refractivity contribution in [3.63, 3.8) is 0 Å². The van der Waals surface area contributed by atoms with Crippen LogP contribution in [0.15, 0.2) is 35.4 Å². The zero-order chi connectivity index (χ0) is 29.3. The molecule has 2 aliphatic rings. The summed E-state index contributed by atoms with van der Waals surface area (Å²) in [7, 11) is 1.74. The monoisotopic (exact) mass is 566 g/mol. The Morgan fingerprint density at radius 1 is 1.15 bits per heavy atom. The number of fused-ring (bicyclic) bond motifs is 1. The molecule has 0 saturated carbocycles. The molecule has 5 rings (SSSR count). The number of anilines is 1. The predicted octanol–water partition coefficient (Wildman–Crippen LogP) is 4.33. The molecule has 1 unspecified atom stereocenters. The van der Waals surface area contributed by atoms with Gasteiger partial charge in [0.2, 0.25) is 0 Å². The normalized spacial score (nSPS) is 22.6. The van der Waals surface area contributed by atoms with Gasteiger partial charge in [-0.2, -0.15) is 10.4 Å². The van der Waals surface area contributed by atoms with Gasteiger partial charge in [-0.25, -0.2) is 8.78 Å². The van der Waals surface area contributed by atoms with Crippen LogP contribution >= 0.6 is 0 Å². The van der Waals surface area contributed by atoms with Crippen LogP contribution in [0.25, 0.3) is 11.0 Å². The second-order valence-electron chi connectivity index (χ2n) is 11.5. The second-order valence-corrected chi connectivity index (χ2v) is 11.5. The van der Waals surface area contributed by atoms with Crippen molar-refractivity contribution >= 4 is 16.7 Å². The molecule has 3 aromatic rings. The molecule has 3 aromatic heterocycles. The largest absolute Gasteiger partial charge is 0.364 e. The van der Waals surface area contributed by atoms with Crippen LogP contribution in [0.2, 0.25) is 0 Å². The molecule has 0 amide bonds. The van der Waals surface area contributed by atoms with Gasteiger partial charge in [0.05, 0.1) is 29.2 Å². The van der Waals surface area contributed by atoms with Crippen molar-refractivity contribution in [2.75, 3.05) is 31.1 Å². The fourth-order valence-corrected chi connectivity index (χ4v) is 6.30. The van der Waals surface area contributed by atoms with E-state index in [1.807, 2.05) is 12.3 Å². The minimum absolute atomic E-state index is 0.0874. The topological polar surface area (TPSA) is 86.2 Å². The average Bonchev–Trinajstić information content (AvgIpc) is 3.40. The highest BCUT2D eigenvalue weighted by atomic mass is 19.3. The molecule has 0 bridgehead atoms. The lowest BCUT2D eigenvalue weighted by molar-refractivity contribution is -0.0568. The molecule has 3 atom stereocenters. The number of likely N-dealkylation sites (tertiary alicyclic amines) is 1. The number of alkyl halides is 2. The Balaban J connectivity index is 1.34. The molecule has 5 heterocycles. The fraction of sp³-hybridized carbons (Fsp3) is 0.600. The first-order valence-electron chi connectivity index (χ1n) is 14.7. The Morgan fingerprint density at radius 2 is 1.88 bits per heavy atom. The van der Waals surface area contributed by atoms with Gasteiger partial charge in [-0.3, -0.25) is 24.3 Å². The summed E-state index contributed by atoms with van der Waals surface area (Å²) >= 11 is 0. The third-order valence-electron chi connectivity index (χ3n) is 8.96. The lowest BCUT2D eigenvalue weighted by atomic mass is 9.97. The molecule has 0 N–H and O–H groups in total. The number of nitrogens with zero attached hydrogens (tertiary/aromatic N) is 8. The van der Waals surface area contributed by atoms with Crippen molar-refractivity contribution in [3.05, 3.63) is 52.2 Å². The molecule has 2 fully saturated rings. The van der Waals surface area contributed by atoms with E-state index in [1.165, 1.54) is 0 Å². The van der Waals surface area contributed by atoms with Crippen molar-refractivity contribution in [2.45, 2.75) is 83.6 Å². The maximum Gasteiger partial charge on any atom is 0.252 e. The average molecular weight is 567 g/mol. The maximum absolute atomic E-state index is 13.5. The number of rotatable bonds is 8. The summed E-state index contributed by atoms with van der Waals surface area (Å²) in [6, 6.07) is 8.55. The highest BCUT2D eigenvalue weighted by Crippen LogP contribution is 2.34. The second kappa shape index (κ2) is 11.9. The minimum Gasteiger partial charge on any atom is -0.364 e. The molecule has 0 radical (unpaired) electrons. The summed E-state index contributed by atoms with van der Waals surface area (Å²) in [5.41, 5.74) is 4.25. The highest BCUT2D eigenvalue weighted by Gasteiger charge is 2.37. The molecule has 41 heavy (non-hydrogen) atoms. The zero-order valence-electron chi connectivity index (χ0n) is 24.4. The van der Waals surface area contributed by atoms with E-state index >= 15 is 0 Å². The van der Waals surface area contributed by atoms with Crippen LogP contribution in [0.3, 0.4) is 0 Å². The third-order valence-corrected chi connectivity index (χ3v) is 8.96. The van der Waals surface area contributed by atoms with Gasteiger partial charge in [-0.15, -0.1) is 0 Å². The highest BCUT2D eigenvalue weighted by molar-refractivity contribution is 5.88. The van der Waals surface area contributed by atoms with Crippen LogP contribution < -0.4 is 10.5 Å². The van der Waals surface area contributed by atoms with Gasteiger partial charge in [-0.05, 0) is 31.4 Å². The molecular weight excluding hydrogens is 526 g/mol. The number of pyridine rings is 2. The van der Waals surface area contributed by atoms with Crippen LogP contribution in [0.1, 0.15) is 63.8 Å². The summed E-state index contributed by atoms with van der Waals surface area (Å²) < 4.78 is 30.2. The van der Waals surface area contributed by atoms with E-state index in [2.05, 4.69) is 52.7 Å². The first-order chi connectivity index (χ1) is 19.6. The van der Waals surface area contributed by atoms with Crippen LogP contribution in [0, 0.1) is 11.3 Å². The molecule has 220 valence electrons. The summed E-state index contributed by atoms with van der Waals surface area (Å²) in [5, 5.41) is 13.9. The molecule has 0 aliphatic carbocycles. The third kappa shape index (κ3) is 5.99. The Morgan fingerprint density at radius 3 is 2.51 bits per heavy atom. The van der Waals surface area contributed by atoms with Crippen LogP contribution in [0.4, 0.5) is 14.5 Å². The molecule has 2 aliphatic heterocycles. The number of aryl methyl sites for hydroxylation is 1. The van der Waals surface area contributed by atoms with Crippen molar-refractivity contribution in [1.29, 1.82) is 5.26 Å². The molecule has 0 spiro atoms. The van der Waals surface area contributed by atoms with Gasteiger partial charge in [0.1, 0.15) is 12.1 Å². The first kappa shape index (κ1) is 29.1. The lowest BCUT2D eigenvalue weighted by Crippen LogP contribution is -2.58. The van der Waals surface area contributed by atoms with E-state index in [1.54, 1.807) is 28.6 Å². The predicted molar refractivity (Wildman–Crippen MR) is 155 cm³/mol. The molecule has 0 aromatic carbocycles. The van der Waals surface area contributed by atoms with E-state index in [0.29, 0.717) is 19.6 Å². The minimum atomic E-state index is -2.54. The molecule has 9 nitrogen and oxygen atoms in total. The van der Waals surface area contributed by atoms with E-state index in [9.17, 15) is 18.8 Å². The standard InChI is InChI=1S/C30H40F2N8O/c1-5-24-19-40(26-15-28(41)36(4)27-20-38(14-11-33)35-29(26)27)25(6-2)18-39(24)21(3)22-7-8-23(34-16-22)17-37-12-9-30(31,32)10-13-37/h7-8,15-16,20-21,24-25H,5-6,9-10,12-14,17-19H2,1-4H3/t21?,24-,25+/m1/s1. The SMILES string of the molecule is CC[C@H]1CN(C(C)c2ccc(CN3CCC(F)(F)CC3)nc2)[C@H](CC)CN1c1cc(=O)n(C)c2cn(CC#N)nc12. The van der Waals surface area contributed by atoms with Gasteiger partial charge in [0, 0.05) is 83.0 Å². The molecule has 11 heteroatoms. The Hall–Kier alpha value is -3.36. The number of aromatic nitrogens is 4. The number of halogens is 2. The Bertz CT molecular complexity index is 1450. The van der Waals surface area contributed by atoms with Gasteiger partial charge < -0.3 is 9.47 Å². The number of piperazine rings is 1. The van der Waals surface area contributed by atoms with Crippen LogP contribution in [-0.4, -0.2) is 73.3 Å². The van der Waals surface area contributed by atoms with E-state index in [4.69, 9.17) is 4.98 Å². The van der Waals surface area contributed by atoms with E-state index in [-0.39, 0.29) is 43.1 Å². The number of nitriles is 1. The summed E-state index contributed by atoms with van der Waals surface area (Å²) in [5.74, 6) is -2.54. The van der Waals surface area contributed by atoms with Gasteiger partial charge in [-0.1, -0.05) is 19.9 Å². The number of piperidine rings is 1. The smallest absolute Gasteiger partial charge is 0.252 e. The van der Waals surface area contributed by atoms with Crippen molar-refractivity contribution < 1.29 is 8.78 Å². The van der Waals surface area contributed by atoms with E-state index in [0.717, 1.165) is 53.9 Å². The summed E-state index contributed by atoms with van der Waals surface area (Å²) in [6.07, 6.45) is 5.38. The van der Waals surface area contributed by atoms with Crippen molar-refractivity contribution in [1.82, 2.24) is 29.1 Å². The number of hydrogen-bond donors (Lipinski definition) is 0. The van der Waals surface area contributed by atoms with E-state index < -0.39 is 5.92 Å². The molecule has 2 saturated heterocycles. The first-order valence-corrected chi connectivity index (χ1v) is 14.7. The van der Waals surface area contributed by atoms with Gasteiger partial charge >= 0.3 is 0 Å². The fourth-order valence-electron chi connectivity index (χ4n) is 6.30. The maximum atomic E-state index is 13.5. The Kier molecular flexibility index (Phi) is 8.43. The lowest BCUT2D eigenvalue weighted by Gasteiger charge is -2.49. The van der Waals surface area contributed by atoms with Crippen LogP contribution in [-0.2, 0) is 20.1 Å². The van der Waals surface area contributed by atoms with Gasteiger partial charge in [0.15, 0.2) is 0 Å². The van der Waals surface area contributed by atoms with Crippen molar-refractivity contribution in [2.24, 2.45) is 7.05 Å². The quantitative estimate of drug-likeness (QED) is 0.401. The number of hydrogen-bond acceptors (Lipinski definition) is 7.